The fourth-order valence-electron chi connectivity index (χ4n) is 10.4. The summed E-state index contributed by atoms with van der Waals surface area (Å²) < 4.78 is 23.0. The highest BCUT2D eigenvalue weighted by molar-refractivity contribution is 9.11. The number of hydrogen-bond acceptors (Lipinski definition) is 8. The monoisotopic (exact) mass is 1000 g/mol. The minimum atomic E-state index is -1.51. The Morgan fingerprint density at radius 2 is 0.986 bits per heavy atom. The molecule has 0 heterocycles. The van der Waals surface area contributed by atoms with Crippen molar-refractivity contribution in [2.24, 2.45) is 11.8 Å². The molecule has 70 heavy (non-hydrogen) atoms. The Kier molecular flexibility index (Phi) is 17.6. The number of para-hydroxylation sites is 2. The summed E-state index contributed by atoms with van der Waals surface area (Å²) in [5.74, 6) is 2.12. The summed E-state index contributed by atoms with van der Waals surface area (Å²) in [7, 11) is 1.35. The number of carbonyl (C=O) groups is 2. The SMILES string of the molecule is COC(=O)c1ccc2c(c1)CC(Br)=C2C1CCCCC1.COC(=O)c1ccc2c(c1)CC(c1ccccc1OCc1ccccc1)=C2C1CCCCC1.OB(O)c1ccccc1OCc1ccccc1. The first-order chi connectivity index (χ1) is 34.2. The van der Waals surface area contributed by atoms with Gasteiger partial charge in [-0.25, -0.2) is 9.59 Å². The number of carbonyl (C=O) groups excluding carboxylic acids is 2. The number of hydrogen-bond donors (Lipinski definition) is 2. The van der Waals surface area contributed by atoms with Crippen LogP contribution in [-0.4, -0.2) is 43.3 Å². The molecule has 8 nitrogen and oxygen atoms in total. The second-order valence-corrected chi connectivity index (χ2v) is 19.4. The first-order valence-electron chi connectivity index (χ1n) is 24.6. The zero-order valence-electron chi connectivity index (χ0n) is 40.2. The second-order valence-electron chi connectivity index (χ2n) is 18.4. The standard InChI is InChI=1S/C30H30O3.C17H19BrO2.C13H13BO3/c1-32-30(31)23-16-17-25-24(18-23)19-27(29(25)22-12-6-3-7-13-22)26-14-8-9-15-28(26)33-20-21-10-4-2-5-11-21;1-20-17(19)12-7-8-14-13(9-12)10-15(18)16(14)11-5-3-2-4-6-11;15-14(16)12-8-4-5-9-13(12)17-10-11-6-2-1-3-7-11/h2,4-5,8-11,14-18,22H,3,6-7,12-13,19-20H2,1H3;7-9,11H,2-6,10H2,1H3;1-9,15-16H,10H2. The molecule has 10 rings (SSSR count). The van der Waals surface area contributed by atoms with Crippen molar-refractivity contribution >= 4 is 57.2 Å². The minimum absolute atomic E-state index is 0.255. The average Bonchev–Trinajstić information content (AvgIpc) is 3.97. The molecule has 4 aliphatic carbocycles. The second kappa shape index (κ2) is 24.6. The van der Waals surface area contributed by atoms with Crippen LogP contribution in [0.4, 0.5) is 0 Å². The Hall–Kier alpha value is -6.20. The third kappa shape index (κ3) is 12.4. The predicted molar refractivity (Wildman–Crippen MR) is 283 cm³/mol. The van der Waals surface area contributed by atoms with E-state index in [2.05, 4.69) is 58.4 Å². The van der Waals surface area contributed by atoms with Crippen molar-refractivity contribution in [2.75, 3.05) is 14.2 Å². The molecule has 2 fully saturated rings. The number of rotatable bonds is 12. The molecule has 0 aromatic heterocycles. The van der Waals surface area contributed by atoms with Gasteiger partial charge in [-0.1, -0.05) is 164 Å². The van der Waals surface area contributed by atoms with E-state index in [1.54, 1.807) is 24.3 Å². The lowest BCUT2D eigenvalue weighted by atomic mass is 9.79. The van der Waals surface area contributed by atoms with Gasteiger partial charge in [-0.3, -0.25) is 0 Å². The molecule has 6 aromatic carbocycles. The lowest BCUT2D eigenvalue weighted by Crippen LogP contribution is -2.31. The Labute approximate surface area is 421 Å². The molecule has 360 valence electrons. The molecule has 0 saturated heterocycles. The summed E-state index contributed by atoms with van der Waals surface area (Å²) in [6.07, 6.45) is 14.7. The van der Waals surface area contributed by atoms with E-state index in [4.69, 9.17) is 18.9 Å². The molecular weight excluding hydrogens is 939 g/mol. The van der Waals surface area contributed by atoms with Gasteiger partial charge < -0.3 is 29.0 Å². The number of methoxy groups -OCH3 is 2. The Balaban J connectivity index is 0.000000152. The molecule has 0 unspecified atom stereocenters. The fraction of sp³-hybridized carbons (Fsp3) is 0.300. The minimum Gasteiger partial charge on any atom is -0.489 e. The van der Waals surface area contributed by atoms with Gasteiger partial charge >= 0.3 is 19.1 Å². The molecular formula is C60H62BBrO8. The summed E-state index contributed by atoms with van der Waals surface area (Å²) in [5, 5.41) is 18.4. The van der Waals surface area contributed by atoms with E-state index in [1.165, 1.54) is 127 Å². The van der Waals surface area contributed by atoms with Gasteiger partial charge in [0, 0.05) is 21.9 Å². The summed E-state index contributed by atoms with van der Waals surface area (Å²) in [4.78, 5) is 23.8. The highest BCUT2D eigenvalue weighted by Gasteiger charge is 2.32. The lowest BCUT2D eigenvalue weighted by Gasteiger charge is -2.26. The van der Waals surface area contributed by atoms with Crippen LogP contribution in [0.5, 0.6) is 11.5 Å². The number of ether oxygens (including phenoxy) is 4. The highest BCUT2D eigenvalue weighted by Crippen LogP contribution is 2.49. The highest BCUT2D eigenvalue weighted by atomic mass is 79.9. The predicted octanol–water partition coefficient (Wildman–Crippen LogP) is 12.8. The number of halogens is 1. The molecule has 6 aromatic rings. The average molecular weight is 1000 g/mol. The fourth-order valence-corrected chi connectivity index (χ4v) is 11.3. The zero-order chi connectivity index (χ0) is 48.8. The number of benzene rings is 6. The summed E-state index contributed by atoms with van der Waals surface area (Å²) >= 11 is 3.76. The molecule has 2 N–H and O–H groups in total. The van der Waals surface area contributed by atoms with E-state index < -0.39 is 7.12 Å². The topological polar surface area (TPSA) is 112 Å². The molecule has 2 saturated carbocycles. The van der Waals surface area contributed by atoms with Crippen LogP contribution >= 0.6 is 15.9 Å². The molecule has 0 atom stereocenters. The van der Waals surface area contributed by atoms with Crippen molar-refractivity contribution in [1.82, 2.24) is 0 Å². The van der Waals surface area contributed by atoms with Gasteiger partial charge in [0.2, 0.25) is 0 Å². The van der Waals surface area contributed by atoms with E-state index >= 15 is 0 Å². The van der Waals surface area contributed by atoms with Crippen molar-refractivity contribution in [2.45, 2.75) is 90.3 Å². The van der Waals surface area contributed by atoms with Crippen molar-refractivity contribution < 1.29 is 38.6 Å². The van der Waals surface area contributed by atoms with Gasteiger partial charge in [0.25, 0.3) is 0 Å². The first-order valence-corrected chi connectivity index (χ1v) is 25.4. The van der Waals surface area contributed by atoms with Gasteiger partial charge in [-0.05, 0) is 130 Å². The largest absolute Gasteiger partial charge is 0.492 e. The third-order valence-electron chi connectivity index (χ3n) is 13.9. The molecule has 4 aliphatic rings. The summed E-state index contributed by atoms with van der Waals surface area (Å²) in [6, 6.07) is 47.3. The molecule has 0 spiro atoms. The van der Waals surface area contributed by atoms with Crippen LogP contribution in [-0.2, 0) is 35.5 Å². The van der Waals surface area contributed by atoms with E-state index in [0.29, 0.717) is 47.4 Å². The van der Waals surface area contributed by atoms with Gasteiger partial charge in [-0.15, -0.1) is 0 Å². The third-order valence-corrected chi connectivity index (χ3v) is 14.6. The van der Waals surface area contributed by atoms with Crippen LogP contribution in [0.15, 0.2) is 150 Å². The smallest absolute Gasteiger partial charge is 0.489 e. The van der Waals surface area contributed by atoms with E-state index in [0.717, 1.165) is 29.7 Å². The molecule has 0 aliphatic heterocycles. The Bertz CT molecular complexity index is 2790. The lowest BCUT2D eigenvalue weighted by molar-refractivity contribution is 0.0591. The van der Waals surface area contributed by atoms with Gasteiger partial charge in [0.05, 0.1) is 25.3 Å². The summed E-state index contributed by atoms with van der Waals surface area (Å²) in [6.45, 7) is 0.952. The van der Waals surface area contributed by atoms with Crippen molar-refractivity contribution in [3.63, 3.8) is 0 Å². The van der Waals surface area contributed by atoms with E-state index in [1.807, 2.05) is 78.9 Å². The van der Waals surface area contributed by atoms with Crippen LogP contribution in [0.3, 0.4) is 0 Å². The molecule has 0 bridgehead atoms. The van der Waals surface area contributed by atoms with Crippen molar-refractivity contribution in [3.05, 3.63) is 200 Å². The molecule has 10 heteroatoms. The van der Waals surface area contributed by atoms with Crippen LogP contribution in [0.25, 0.3) is 16.7 Å². The maximum absolute atomic E-state index is 12.2. The van der Waals surface area contributed by atoms with Crippen LogP contribution in [0, 0.1) is 11.8 Å². The number of fused-ring (bicyclic) bond motifs is 2. The molecule has 0 radical (unpaired) electrons. The maximum atomic E-state index is 12.2. The van der Waals surface area contributed by atoms with Gasteiger partial charge in [-0.2, -0.15) is 0 Å². The number of esters is 2. The van der Waals surface area contributed by atoms with Crippen LogP contribution < -0.4 is 14.9 Å². The van der Waals surface area contributed by atoms with Gasteiger partial charge in [0.15, 0.2) is 0 Å². The summed E-state index contributed by atoms with van der Waals surface area (Å²) in [5.41, 5.74) is 14.4. The van der Waals surface area contributed by atoms with Crippen LogP contribution in [0.1, 0.15) is 124 Å². The van der Waals surface area contributed by atoms with E-state index in [9.17, 15) is 19.6 Å². The molecule has 0 amide bonds. The zero-order valence-corrected chi connectivity index (χ0v) is 41.8. The van der Waals surface area contributed by atoms with Crippen LogP contribution in [0.2, 0.25) is 0 Å². The quantitative estimate of drug-likeness (QED) is 0.0921. The normalized spacial score (nSPS) is 15.4. The van der Waals surface area contributed by atoms with E-state index in [-0.39, 0.29) is 11.9 Å². The Morgan fingerprint density at radius 3 is 1.53 bits per heavy atom. The Morgan fingerprint density at radius 1 is 0.529 bits per heavy atom. The first kappa shape index (κ1) is 50.2. The number of allylic oxidation sites excluding steroid dienone is 4. The van der Waals surface area contributed by atoms with Gasteiger partial charge in [0.1, 0.15) is 24.7 Å². The van der Waals surface area contributed by atoms with Crippen molar-refractivity contribution in [3.8, 4) is 11.5 Å². The maximum Gasteiger partial charge on any atom is 0.492 e. The van der Waals surface area contributed by atoms with Crippen molar-refractivity contribution in [1.29, 1.82) is 0 Å².